The molecule has 3 heteroatoms. The summed E-state index contributed by atoms with van der Waals surface area (Å²) < 4.78 is 0. The summed E-state index contributed by atoms with van der Waals surface area (Å²) in [6.45, 7) is 10.3. The maximum Gasteiger partial charge on any atom is 0.253 e. The van der Waals surface area contributed by atoms with Crippen molar-refractivity contribution < 1.29 is 4.79 Å². The lowest BCUT2D eigenvalue weighted by atomic mass is 9.84. The van der Waals surface area contributed by atoms with E-state index in [1.54, 1.807) is 12.1 Å². The highest BCUT2D eigenvalue weighted by Crippen LogP contribution is 2.27. The van der Waals surface area contributed by atoms with Crippen LogP contribution in [0, 0.1) is 11.8 Å². The van der Waals surface area contributed by atoms with Gasteiger partial charge in [-0.05, 0) is 42.9 Å². The van der Waals surface area contributed by atoms with E-state index < -0.39 is 0 Å². The van der Waals surface area contributed by atoms with Gasteiger partial charge in [-0.15, -0.1) is 0 Å². The molecule has 0 bridgehead atoms. The van der Waals surface area contributed by atoms with Gasteiger partial charge in [0.15, 0.2) is 0 Å². The first kappa shape index (κ1) is 18.0. The van der Waals surface area contributed by atoms with E-state index in [2.05, 4.69) is 13.8 Å². The second-order valence-corrected chi connectivity index (χ2v) is 5.96. The van der Waals surface area contributed by atoms with Crippen LogP contribution in [0.5, 0.6) is 0 Å². The van der Waals surface area contributed by atoms with Crippen LogP contribution in [0.3, 0.4) is 0 Å². The first-order valence-electron chi connectivity index (χ1n) is 8.16. The quantitative estimate of drug-likeness (QED) is 0.745. The van der Waals surface area contributed by atoms with Gasteiger partial charge in [-0.2, -0.15) is 0 Å². The monoisotopic (exact) mass is 309 g/mol. The van der Waals surface area contributed by atoms with Gasteiger partial charge in [0.05, 0.1) is 0 Å². The second-order valence-electron chi connectivity index (χ2n) is 5.53. The van der Waals surface area contributed by atoms with Gasteiger partial charge in [-0.3, -0.25) is 4.79 Å². The molecule has 1 aromatic carbocycles. The van der Waals surface area contributed by atoms with Crippen molar-refractivity contribution in [1.82, 2.24) is 4.90 Å². The molecule has 1 aliphatic rings. The van der Waals surface area contributed by atoms with Crippen molar-refractivity contribution in [2.45, 2.75) is 47.0 Å². The molecule has 118 valence electrons. The van der Waals surface area contributed by atoms with E-state index in [1.165, 1.54) is 6.42 Å². The molecule has 1 saturated heterocycles. The summed E-state index contributed by atoms with van der Waals surface area (Å²) in [6, 6.07) is 7.23. The van der Waals surface area contributed by atoms with Crippen LogP contribution in [0.25, 0.3) is 0 Å². The summed E-state index contributed by atoms with van der Waals surface area (Å²) in [5.41, 5.74) is 0.703. The molecule has 0 aliphatic carbocycles. The Bertz CT molecular complexity index is 439. The second kappa shape index (κ2) is 9.09. The number of benzene rings is 1. The van der Waals surface area contributed by atoms with Crippen LogP contribution < -0.4 is 0 Å². The van der Waals surface area contributed by atoms with E-state index in [4.69, 9.17) is 11.6 Å². The Morgan fingerprint density at radius 3 is 2.48 bits per heavy atom. The summed E-state index contributed by atoms with van der Waals surface area (Å²) in [5, 5.41) is 0.625. The molecule has 1 atom stereocenters. The highest BCUT2D eigenvalue weighted by atomic mass is 35.5. The summed E-state index contributed by atoms with van der Waals surface area (Å²) in [5.74, 6) is 1.65. The third kappa shape index (κ3) is 5.03. The fraction of sp³-hybridized carbons (Fsp3) is 0.611. The number of halogens is 1. The lowest BCUT2D eigenvalue weighted by molar-refractivity contribution is 0.0661. The lowest BCUT2D eigenvalue weighted by Gasteiger charge is -2.34. The van der Waals surface area contributed by atoms with E-state index in [-0.39, 0.29) is 5.91 Å². The number of nitrogens with zero attached hydrogens (tertiary/aromatic N) is 1. The average Bonchev–Trinajstić information content (AvgIpc) is 2.55. The fourth-order valence-electron chi connectivity index (χ4n) is 2.81. The predicted molar refractivity (Wildman–Crippen MR) is 90.9 cm³/mol. The molecule has 0 N–H and O–H groups in total. The highest BCUT2D eigenvalue weighted by molar-refractivity contribution is 6.30. The maximum absolute atomic E-state index is 12.4. The Balaban J connectivity index is 0.00000106. The molecule has 1 heterocycles. The number of hydrogen-bond donors (Lipinski definition) is 0. The SMILES string of the molecule is CC.CCC(C)C1CCN(C(=O)c2cccc(Cl)c2)CC1. The Morgan fingerprint density at radius 1 is 1.33 bits per heavy atom. The summed E-state index contributed by atoms with van der Waals surface area (Å²) >= 11 is 5.94. The molecule has 21 heavy (non-hydrogen) atoms. The third-order valence-electron chi connectivity index (χ3n) is 4.35. The Kier molecular flexibility index (Phi) is 7.81. The zero-order chi connectivity index (χ0) is 15.8. The molecule has 2 rings (SSSR count). The smallest absolute Gasteiger partial charge is 0.253 e. The van der Waals surface area contributed by atoms with Crippen LogP contribution in [-0.2, 0) is 0 Å². The molecular weight excluding hydrogens is 282 g/mol. The van der Waals surface area contributed by atoms with Crippen LogP contribution in [-0.4, -0.2) is 23.9 Å². The minimum atomic E-state index is 0.116. The zero-order valence-electron chi connectivity index (χ0n) is 13.7. The minimum Gasteiger partial charge on any atom is -0.339 e. The van der Waals surface area contributed by atoms with Gasteiger partial charge in [0, 0.05) is 23.7 Å². The largest absolute Gasteiger partial charge is 0.339 e. The number of rotatable bonds is 3. The number of amides is 1. The van der Waals surface area contributed by atoms with E-state index >= 15 is 0 Å². The van der Waals surface area contributed by atoms with Gasteiger partial charge in [-0.1, -0.05) is 51.8 Å². The number of carbonyl (C=O) groups excluding carboxylic acids is 1. The van der Waals surface area contributed by atoms with Crippen molar-refractivity contribution in [3.63, 3.8) is 0 Å². The topological polar surface area (TPSA) is 20.3 Å². The summed E-state index contributed by atoms with van der Waals surface area (Å²) in [7, 11) is 0. The molecule has 1 unspecified atom stereocenters. The number of hydrogen-bond acceptors (Lipinski definition) is 1. The molecule has 1 fully saturated rings. The van der Waals surface area contributed by atoms with Gasteiger partial charge in [0.2, 0.25) is 0 Å². The number of likely N-dealkylation sites (tertiary alicyclic amines) is 1. The zero-order valence-corrected chi connectivity index (χ0v) is 14.5. The van der Waals surface area contributed by atoms with Crippen molar-refractivity contribution in [2.75, 3.05) is 13.1 Å². The van der Waals surface area contributed by atoms with Gasteiger partial charge < -0.3 is 4.90 Å². The molecular formula is C18H28ClNO. The van der Waals surface area contributed by atoms with E-state index in [1.807, 2.05) is 30.9 Å². The van der Waals surface area contributed by atoms with Crippen LogP contribution >= 0.6 is 11.6 Å². The lowest BCUT2D eigenvalue weighted by Crippen LogP contribution is -2.39. The van der Waals surface area contributed by atoms with Crippen molar-refractivity contribution in [3.05, 3.63) is 34.9 Å². The van der Waals surface area contributed by atoms with Gasteiger partial charge in [-0.25, -0.2) is 0 Å². The highest BCUT2D eigenvalue weighted by Gasteiger charge is 2.26. The Labute approximate surface area is 134 Å². The standard InChI is InChI=1S/C16H22ClNO.C2H6/c1-3-12(2)13-7-9-18(10-8-13)16(19)14-5-4-6-15(17)11-14;1-2/h4-6,11-13H,3,7-10H2,1-2H3;1-2H3. The summed E-state index contributed by atoms with van der Waals surface area (Å²) in [4.78, 5) is 14.3. The van der Waals surface area contributed by atoms with E-state index in [9.17, 15) is 4.79 Å². The summed E-state index contributed by atoms with van der Waals surface area (Å²) in [6.07, 6.45) is 3.48. The predicted octanol–water partition coefficient (Wildman–Crippen LogP) is 5.26. The Hall–Kier alpha value is -1.02. The van der Waals surface area contributed by atoms with Gasteiger partial charge in [0.25, 0.3) is 5.91 Å². The van der Waals surface area contributed by atoms with Crippen LogP contribution in [0.1, 0.15) is 57.3 Å². The van der Waals surface area contributed by atoms with Crippen molar-refractivity contribution in [1.29, 1.82) is 0 Å². The third-order valence-corrected chi connectivity index (χ3v) is 4.58. The molecule has 1 amide bonds. The van der Waals surface area contributed by atoms with Crippen molar-refractivity contribution in [2.24, 2.45) is 11.8 Å². The molecule has 0 radical (unpaired) electrons. The van der Waals surface area contributed by atoms with Gasteiger partial charge in [0.1, 0.15) is 0 Å². The van der Waals surface area contributed by atoms with Crippen molar-refractivity contribution in [3.8, 4) is 0 Å². The van der Waals surface area contributed by atoms with Crippen molar-refractivity contribution >= 4 is 17.5 Å². The van der Waals surface area contributed by atoms with E-state index in [0.717, 1.165) is 37.8 Å². The van der Waals surface area contributed by atoms with Crippen LogP contribution in [0.15, 0.2) is 24.3 Å². The maximum atomic E-state index is 12.4. The first-order chi connectivity index (χ1) is 10.1. The fourth-order valence-corrected chi connectivity index (χ4v) is 3.00. The minimum absolute atomic E-state index is 0.116. The molecule has 1 aliphatic heterocycles. The molecule has 2 nitrogen and oxygen atoms in total. The average molecular weight is 310 g/mol. The molecule has 0 saturated carbocycles. The van der Waals surface area contributed by atoms with Crippen LogP contribution in [0.4, 0.5) is 0 Å². The molecule has 0 spiro atoms. The van der Waals surface area contributed by atoms with E-state index in [0.29, 0.717) is 10.6 Å². The first-order valence-corrected chi connectivity index (χ1v) is 8.54. The Morgan fingerprint density at radius 2 is 1.95 bits per heavy atom. The van der Waals surface area contributed by atoms with Crippen LogP contribution in [0.2, 0.25) is 5.02 Å². The normalized spacial score (nSPS) is 16.9. The molecule has 0 aromatic heterocycles. The number of piperidine rings is 1. The van der Waals surface area contributed by atoms with Gasteiger partial charge >= 0.3 is 0 Å². The molecule has 1 aromatic rings. The number of carbonyl (C=O) groups is 1.